The zero-order valence-corrected chi connectivity index (χ0v) is 13.0. The van der Waals surface area contributed by atoms with Crippen molar-refractivity contribution in [3.8, 4) is 5.75 Å². The van der Waals surface area contributed by atoms with Gasteiger partial charge in [0, 0.05) is 10.2 Å². The van der Waals surface area contributed by atoms with Crippen LogP contribution in [-0.2, 0) is 4.79 Å². The maximum Gasteiger partial charge on any atom is 0.262 e. The molecule has 0 atom stereocenters. The van der Waals surface area contributed by atoms with E-state index in [0.29, 0.717) is 20.9 Å². The molecule has 0 aliphatic rings. The molecule has 2 rings (SSSR count). The first-order chi connectivity index (χ1) is 9.95. The summed E-state index contributed by atoms with van der Waals surface area (Å²) >= 11 is 9.06. The topological polar surface area (TPSA) is 64.3 Å². The molecule has 0 saturated carbocycles. The Balaban J connectivity index is 1.97. The quantitative estimate of drug-likeness (QED) is 0.800. The van der Waals surface area contributed by atoms with Gasteiger partial charge >= 0.3 is 0 Å². The van der Waals surface area contributed by atoms with Crippen LogP contribution in [0.5, 0.6) is 5.75 Å². The first-order valence-corrected chi connectivity index (χ1v) is 7.05. The van der Waals surface area contributed by atoms with Gasteiger partial charge in [0.1, 0.15) is 0 Å². The number of rotatable bonds is 4. The number of amides is 1. The molecule has 0 heterocycles. The molecule has 3 N–H and O–H groups in total. The van der Waals surface area contributed by atoms with Crippen LogP contribution in [0.3, 0.4) is 0 Å². The summed E-state index contributed by atoms with van der Waals surface area (Å²) in [5.74, 6) is -1.03. The summed E-state index contributed by atoms with van der Waals surface area (Å²) in [6.45, 7) is -0.344. The van der Waals surface area contributed by atoms with Gasteiger partial charge < -0.3 is 15.8 Å². The van der Waals surface area contributed by atoms with E-state index in [0.717, 1.165) is 0 Å². The monoisotopic (exact) mass is 372 g/mol. The molecule has 0 bridgehead atoms. The summed E-state index contributed by atoms with van der Waals surface area (Å²) in [5.41, 5.74) is 6.45. The summed E-state index contributed by atoms with van der Waals surface area (Å²) in [6, 6.07) is 9.02. The van der Waals surface area contributed by atoms with Gasteiger partial charge in [-0.1, -0.05) is 27.5 Å². The zero-order chi connectivity index (χ0) is 15.4. The van der Waals surface area contributed by atoms with E-state index in [1.807, 2.05) is 0 Å². The Morgan fingerprint density at radius 2 is 2.10 bits per heavy atom. The molecule has 2 aromatic carbocycles. The van der Waals surface area contributed by atoms with Gasteiger partial charge in [0.2, 0.25) is 0 Å². The molecule has 0 fully saturated rings. The lowest BCUT2D eigenvalue weighted by Gasteiger charge is -2.10. The standard InChI is InChI=1S/C14H11BrClFN2O2/c15-8-1-4-13(11(17)5-8)21-7-14(20)19-12-6-9(18)2-3-10(12)16/h1-6H,7,18H2,(H,19,20). The SMILES string of the molecule is Nc1ccc(Cl)c(NC(=O)COc2ccc(Br)cc2F)c1. The Labute approximate surface area is 134 Å². The number of carbonyl (C=O) groups excluding carboxylic acids is 1. The number of nitrogens with two attached hydrogens (primary N) is 1. The number of hydrogen-bond donors (Lipinski definition) is 2. The van der Waals surface area contributed by atoms with Crippen molar-refractivity contribution in [1.29, 1.82) is 0 Å². The highest BCUT2D eigenvalue weighted by Gasteiger charge is 2.09. The lowest BCUT2D eigenvalue weighted by atomic mass is 10.3. The molecule has 2 aromatic rings. The summed E-state index contributed by atoms with van der Waals surface area (Å²) in [6.07, 6.45) is 0. The predicted molar refractivity (Wildman–Crippen MR) is 84.1 cm³/mol. The number of nitrogens with one attached hydrogen (secondary N) is 1. The molecule has 7 heteroatoms. The van der Waals surface area contributed by atoms with Crippen LogP contribution in [0.25, 0.3) is 0 Å². The summed E-state index contributed by atoms with van der Waals surface area (Å²) in [7, 11) is 0. The van der Waals surface area contributed by atoms with Crippen LogP contribution in [0.1, 0.15) is 0 Å². The predicted octanol–water partition coefficient (Wildman–Crippen LogP) is 3.84. The number of anilines is 2. The molecule has 1 amide bonds. The van der Waals surface area contributed by atoms with Gasteiger partial charge in [-0.15, -0.1) is 0 Å². The minimum Gasteiger partial charge on any atom is -0.481 e. The molecule has 110 valence electrons. The fourth-order valence-corrected chi connectivity index (χ4v) is 2.06. The Bertz CT molecular complexity index is 682. The minimum absolute atomic E-state index is 0.00739. The number of halogens is 3. The summed E-state index contributed by atoms with van der Waals surface area (Å²) in [4.78, 5) is 11.8. The molecule has 0 aliphatic carbocycles. The van der Waals surface area contributed by atoms with Gasteiger partial charge in [0.25, 0.3) is 5.91 Å². The number of hydrogen-bond acceptors (Lipinski definition) is 3. The van der Waals surface area contributed by atoms with E-state index in [2.05, 4.69) is 21.2 Å². The lowest BCUT2D eigenvalue weighted by molar-refractivity contribution is -0.118. The second-order valence-electron chi connectivity index (χ2n) is 4.15. The maximum atomic E-state index is 13.5. The largest absolute Gasteiger partial charge is 0.481 e. The van der Waals surface area contributed by atoms with Crippen LogP contribution in [0.2, 0.25) is 5.02 Å². The molecule has 0 aromatic heterocycles. The van der Waals surface area contributed by atoms with Crippen molar-refractivity contribution in [1.82, 2.24) is 0 Å². The van der Waals surface area contributed by atoms with Crippen molar-refractivity contribution in [2.45, 2.75) is 0 Å². The van der Waals surface area contributed by atoms with E-state index < -0.39 is 11.7 Å². The first kappa shape index (κ1) is 15.6. The third kappa shape index (κ3) is 4.34. The Morgan fingerprint density at radius 3 is 2.81 bits per heavy atom. The fraction of sp³-hybridized carbons (Fsp3) is 0.0714. The average molecular weight is 374 g/mol. The number of carbonyl (C=O) groups is 1. The van der Waals surface area contributed by atoms with E-state index in [1.165, 1.54) is 18.2 Å². The molecule has 4 nitrogen and oxygen atoms in total. The Hall–Kier alpha value is -1.79. The zero-order valence-electron chi connectivity index (χ0n) is 10.7. The number of benzene rings is 2. The van der Waals surface area contributed by atoms with E-state index in [-0.39, 0.29) is 12.4 Å². The third-order valence-electron chi connectivity index (χ3n) is 2.52. The highest BCUT2D eigenvalue weighted by atomic mass is 79.9. The smallest absolute Gasteiger partial charge is 0.262 e. The van der Waals surface area contributed by atoms with Crippen molar-refractivity contribution in [2.75, 3.05) is 17.7 Å². The number of nitrogen functional groups attached to an aromatic ring is 1. The molecule has 0 saturated heterocycles. The third-order valence-corrected chi connectivity index (χ3v) is 3.34. The number of ether oxygens (including phenoxy) is 1. The molecule has 0 unspecified atom stereocenters. The summed E-state index contributed by atoms with van der Waals surface area (Å²) < 4.78 is 19.2. The second-order valence-corrected chi connectivity index (χ2v) is 5.47. The molecular formula is C14H11BrClFN2O2. The van der Waals surface area contributed by atoms with Crippen LogP contribution in [0, 0.1) is 5.82 Å². The van der Waals surface area contributed by atoms with Crippen molar-refractivity contribution >= 4 is 44.8 Å². The van der Waals surface area contributed by atoms with E-state index in [4.69, 9.17) is 22.1 Å². The minimum atomic E-state index is -0.556. The van der Waals surface area contributed by atoms with Crippen LogP contribution >= 0.6 is 27.5 Å². The highest BCUT2D eigenvalue weighted by Crippen LogP contribution is 2.24. The highest BCUT2D eigenvalue weighted by molar-refractivity contribution is 9.10. The van der Waals surface area contributed by atoms with Crippen LogP contribution < -0.4 is 15.8 Å². The van der Waals surface area contributed by atoms with Gasteiger partial charge in [-0.3, -0.25) is 4.79 Å². The van der Waals surface area contributed by atoms with Gasteiger partial charge in [-0.05, 0) is 36.4 Å². The van der Waals surface area contributed by atoms with Gasteiger partial charge in [0.05, 0.1) is 10.7 Å². The fourth-order valence-electron chi connectivity index (χ4n) is 1.56. The summed E-state index contributed by atoms with van der Waals surface area (Å²) in [5, 5.41) is 2.90. The Kier molecular flexibility index (Phi) is 5.03. The maximum absolute atomic E-state index is 13.5. The molecule has 0 aliphatic heterocycles. The van der Waals surface area contributed by atoms with Gasteiger partial charge in [0.15, 0.2) is 18.2 Å². The normalized spacial score (nSPS) is 10.2. The van der Waals surface area contributed by atoms with Crippen molar-refractivity contribution < 1.29 is 13.9 Å². The molecule has 0 spiro atoms. The van der Waals surface area contributed by atoms with Crippen molar-refractivity contribution in [3.63, 3.8) is 0 Å². The van der Waals surface area contributed by atoms with Gasteiger partial charge in [-0.25, -0.2) is 4.39 Å². The Morgan fingerprint density at radius 1 is 1.33 bits per heavy atom. The van der Waals surface area contributed by atoms with Crippen molar-refractivity contribution in [2.24, 2.45) is 0 Å². The van der Waals surface area contributed by atoms with E-state index in [1.54, 1.807) is 18.2 Å². The van der Waals surface area contributed by atoms with Crippen LogP contribution in [-0.4, -0.2) is 12.5 Å². The average Bonchev–Trinajstić information content (AvgIpc) is 2.42. The van der Waals surface area contributed by atoms with E-state index in [9.17, 15) is 9.18 Å². The second kappa shape index (κ2) is 6.78. The van der Waals surface area contributed by atoms with Crippen molar-refractivity contribution in [3.05, 3.63) is 51.7 Å². The molecule has 0 radical (unpaired) electrons. The first-order valence-electron chi connectivity index (χ1n) is 5.88. The lowest BCUT2D eigenvalue weighted by Crippen LogP contribution is -2.20. The molecular weight excluding hydrogens is 363 g/mol. The van der Waals surface area contributed by atoms with Crippen LogP contribution in [0.4, 0.5) is 15.8 Å². The van der Waals surface area contributed by atoms with Gasteiger partial charge in [-0.2, -0.15) is 0 Å². The van der Waals surface area contributed by atoms with E-state index >= 15 is 0 Å². The van der Waals surface area contributed by atoms with Crippen LogP contribution in [0.15, 0.2) is 40.9 Å². The molecule has 21 heavy (non-hydrogen) atoms.